The Morgan fingerprint density at radius 1 is 1.21 bits per heavy atom. The van der Waals surface area contributed by atoms with Crippen LogP contribution in [0.2, 0.25) is 0 Å². The fourth-order valence-electron chi connectivity index (χ4n) is 1.94. The van der Waals surface area contributed by atoms with Gasteiger partial charge in [-0.05, 0) is 28.8 Å². The SMILES string of the molecule is COC(=O)Cc1ccccc1-c1cccc(C#N)c1. The lowest BCUT2D eigenvalue weighted by Crippen LogP contribution is -2.05. The summed E-state index contributed by atoms with van der Waals surface area (Å²) in [6, 6.07) is 17.1. The molecule has 3 heteroatoms. The highest BCUT2D eigenvalue weighted by atomic mass is 16.5. The molecule has 0 atom stereocenters. The Kier molecular flexibility index (Phi) is 3.94. The first-order chi connectivity index (χ1) is 9.24. The third kappa shape index (κ3) is 2.99. The average molecular weight is 251 g/mol. The molecule has 2 aromatic carbocycles. The second-order valence-electron chi connectivity index (χ2n) is 4.10. The van der Waals surface area contributed by atoms with E-state index in [1.807, 2.05) is 42.5 Å². The number of hydrogen-bond acceptors (Lipinski definition) is 3. The topological polar surface area (TPSA) is 50.1 Å². The van der Waals surface area contributed by atoms with E-state index in [0.717, 1.165) is 16.7 Å². The zero-order valence-corrected chi connectivity index (χ0v) is 10.6. The van der Waals surface area contributed by atoms with E-state index >= 15 is 0 Å². The Labute approximate surface area is 112 Å². The minimum atomic E-state index is -0.274. The number of nitrogens with zero attached hydrogens (tertiary/aromatic N) is 1. The molecule has 0 heterocycles. The summed E-state index contributed by atoms with van der Waals surface area (Å²) in [6.45, 7) is 0. The molecule has 2 aromatic rings. The number of nitriles is 1. The van der Waals surface area contributed by atoms with E-state index in [1.165, 1.54) is 7.11 Å². The Hall–Kier alpha value is -2.60. The average Bonchev–Trinajstić information content (AvgIpc) is 2.47. The summed E-state index contributed by atoms with van der Waals surface area (Å²) in [5.74, 6) is -0.274. The number of hydrogen-bond donors (Lipinski definition) is 0. The minimum absolute atomic E-state index is 0.226. The van der Waals surface area contributed by atoms with Crippen molar-refractivity contribution in [2.75, 3.05) is 7.11 Å². The van der Waals surface area contributed by atoms with Gasteiger partial charge < -0.3 is 4.74 Å². The number of rotatable bonds is 3. The molecule has 0 aliphatic carbocycles. The summed E-state index contributed by atoms with van der Waals surface area (Å²) in [6.07, 6.45) is 0.226. The van der Waals surface area contributed by atoms with Gasteiger partial charge in [0.2, 0.25) is 0 Å². The number of methoxy groups -OCH3 is 1. The summed E-state index contributed by atoms with van der Waals surface area (Å²) in [7, 11) is 1.38. The van der Waals surface area contributed by atoms with Gasteiger partial charge in [0.1, 0.15) is 0 Å². The van der Waals surface area contributed by atoms with Crippen LogP contribution in [0, 0.1) is 11.3 Å². The predicted molar refractivity (Wildman–Crippen MR) is 72.3 cm³/mol. The van der Waals surface area contributed by atoms with Crippen molar-refractivity contribution in [1.29, 1.82) is 5.26 Å². The second-order valence-corrected chi connectivity index (χ2v) is 4.10. The summed E-state index contributed by atoms with van der Waals surface area (Å²) < 4.78 is 4.70. The number of carbonyl (C=O) groups is 1. The molecule has 0 bridgehead atoms. The van der Waals surface area contributed by atoms with Crippen LogP contribution < -0.4 is 0 Å². The van der Waals surface area contributed by atoms with Gasteiger partial charge in [-0.1, -0.05) is 36.4 Å². The largest absolute Gasteiger partial charge is 0.469 e. The van der Waals surface area contributed by atoms with Gasteiger partial charge in [-0.2, -0.15) is 5.26 Å². The van der Waals surface area contributed by atoms with E-state index in [4.69, 9.17) is 10.00 Å². The molecule has 0 aromatic heterocycles. The minimum Gasteiger partial charge on any atom is -0.469 e. The Morgan fingerprint density at radius 2 is 2.00 bits per heavy atom. The number of ether oxygens (including phenoxy) is 1. The van der Waals surface area contributed by atoms with Crippen LogP contribution in [0.5, 0.6) is 0 Å². The highest BCUT2D eigenvalue weighted by Gasteiger charge is 2.09. The van der Waals surface area contributed by atoms with Crippen molar-refractivity contribution in [3.05, 3.63) is 59.7 Å². The van der Waals surface area contributed by atoms with Crippen molar-refractivity contribution >= 4 is 5.97 Å². The van der Waals surface area contributed by atoms with Crippen molar-refractivity contribution in [3.63, 3.8) is 0 Å². The Balaban J connectivity index is 2.44. The molecular formula is C16H13NO2. The monoisotopic (exact) mass is 251 g/mol. The molecule has 0 amide bonds. The molecule has 0 saturated heterocycles. The van der Waals surface area contributed by atoms with E-state index in [0.29, 0.717) is 5.56 Å². The molecule has 94 valence electrons. The van der Waals surface area contributed by atoms with Crippen molar-refractivity contribution in [1.82, 2.24) is 0 Å². The third-order valence-electron chi connectivity index (χ3n) is 2.88. The van der Waals surface area contributed by atoms with Gasteiger partial charge >= 0.3 is 5.97 Å². The molecular weight excluding hydrogens is 238 g/mol. The molecule has 19 heavy (non-hydrogen) atoms. The molecule has 3 nitrogen and oxygen atoms in total. The lowest BCUT2D eigenvalue weighted by molar-refractivity contribution is -0.139. The first-order valence-electron chi connectivity index (χ1n) is 5.90. The summed E-state index contributed by atoms with van der Waals surface area (Å²) in [5, 5.41) is 8.94. The van der Waals surface area contributed by atoms with Crippen LogP contribution in [0.3, 0.4) is 0 Å². The van der Waals surface area contributed by atoms with E-state index in [9.17, 15) is 4.79 Å². The van der Waals surface area contributed by atoms with Crippen LogP contribution in [-0.2, 0) is 16.0 Å². The zero-order valence-electron chi connectivity index (χ0n) is 10.6. The van der Waals surface area contributed by atoms with Gasteiger partial charge in [-0.15, -0.1) is 0 Å². The summed E-state index contributed by atoms with van der Waals surface area (Å²) >= 11 is 0. The highest BCUT2D eigenvalue weighted by molar-refractivity contribution is 5.78. The van der Waals surface area contributed by atoms with Crippen molar-refractivity contribution < 1.29 is 9.53 Å². The smallest absolute Gasteiger partial charge is 0.309 e. The molecule has 0 fully saturated rings. The number of carbonyl (C=O) groups excluding carboxylic acids is 1. The lowest BCUT2D eigenvalue weighted by Gasteiger charge is -2.09. The van der Waals surface area contributed by atoms with Crippen molar-refractivity contribution in [3.8, 4) is 17.2 Å². The van der Waals surface area contributed by atoms with Gasteiger partial charge in [-0.3, -0.25) is 4.79 Å². The van der Waals surface area contributed by atoms with E-state index in [2.05, 4.69) is 6.07 Å². The summed E-state index contributed by atoms with van der Waals surface area (Å²) in [5.41, 5.74) is 3.37. The molecule has 0 spiro atoms. The first-order valence-corrected chi connectivity index (χ1v) is 5.90. The van der Waals surface area contributed by atoms with Crippen molar-refractivity contribution in [2.24, 2.45) is 0 Å². The number of esters is 1. The van der Waals surface area contributed by atoms with Crippen LogP contribution >= 0.6 is 0 Å². The summed E-state index contributed by atoms with van der Waals surface area (Å²) in [4.78, 5) is 11.4. The maximum Gasteiger partial charge on any atom is 0.309 e. The molecule has 0 aliphatic rings. The molecule has 0 aliphatic heterocycles. The van der Waals surface area contributed by atoms with Crippen LogP contribution in [0.15, 0.2) is 48.5 Å². The van der Waals surface area contributed by atoms with Gasteiger partial charge in [0, 0.05) is 0 Å². The maximum atomic E-state index is 11.4. The first kappa shape index (κ1) is 12.8. The van der Waals surface area contributed by atoms with Crippen molar-refractivity contribution in [2.45, 2.75) is 6.42 Å². The van der Waals surface area contributed by atoms with E-state index in [1.54, 1.807) is 6.07 Å². The van der Waals surface area contributed by atoms with E-state index in [-0.39, 0.29) is 12.4 Å². The highest BCUT2D eigenvalue weighted by Crippen LogP contribution is 2.25. The van der Waals surface area contributed by atoms with Crippen LogP contribution in [0.25, 0.3) is 11.1 Å². The molecule has 0 N–H and O–H groups in total. The zero-order chi connectivity index (χ0) is 13.7. The van der Waals surface area contributed by atoms with Crippen LogP contribution in [0.1, 0.15) is 11.1 Å². The van der Waals surface area contributed by atoms with Crippen LogP contribution in [-0.4, -0.2) is 13.1 Å². The molecule has 2 rings (SSSR count). The molecule has 0 radical (unpaired) electrons. The lowest BCUT2D eigenvalue weighted by atomic mass is 9.96. The van der Waals surface area contributed by atoms with Gasteiger partial charge in [-0.25, -0.2) is 0 Å². The second kappa shape index (κ2) is 5.83. The fourth-order valence-corrected chi connectivity index (χ4v) is 1.94. The van der Waals surface area contributed by atoms with Gasteiger partial charge in [0.25, 0.3) is 0 Å². The Morgan fingerprint density at radius 3 is 2.74 bits per heavy atom. The quantitative estimate of drug-likeness (QED) is 0.788. The molecule has 0 unspecified atom stereocenters. The van der Waals surface area contributed by atoms with Crippen LogP contribution in [0.4, 0.5) is 0 Å². The molecule has 0 saturated carbocycles. The van der Waals surface area contributed by atoms with E-state index < -0.39 is 0 Å². The van der Waals surface area contributed by atoms with Gasteiger partial charge in [0.15, 0.2) is 0 Å². The maximum absolute atomic E-state index is 11.4. The third-order valence-corrected chi connectivity index (χ3v) is 2.88. The normalized spacial score (nSPS) is 9.68. The Bertz CT molecular complexity index is 641. The fraction of sp³-hybridized carbons (Fsp3) is 0.125. The number of benzene rings is 2. The predicted octanol–water partition coefficient (Wildman–Crippen LogP) is 2.94. The van der Waals surface area contributed by atoms with Gasteiger partial charge in [0.05, 0.1) is 25.2 Å². The standard InChI is InChI=1S/C16H13NO2/c1-19-16(18)10-14-6-2-3-8-15(14)13-7-4-5-12(9-13)11-17/h2-9H,10H2,1H3.